The van der Waals surface area contributed by atoms with Crippen LogP contribution in [0.25, 0.3) is 0 Å². The molecule has 0 heterocycles. The average molecular weight is 258 g/mol. The lowest BCUT2D eigenvalue weighted by Gasteiger charge is -2.36. The maximum atomic E-state index is 6.30. The third-order valence-electron chi connectivity index (χ3n) is 4.26. The highest BCUT2D eigenvalue weighted by molar-refractivity contribution is 6.21. The molecular weight excluding hydrogens is 234 g/mol. The predicted octanol–water partition coefficient (Wildman–Crippen LogP) is 3.81. The molecule has 3 unspecified atom stereocenters. The van der Waals surface area contributed by atoms with Crippen LogP contribution < -0.4 is 0 Å². The molecule has 0 amide bonds. The lowest BCUT2D eigenvalue weighted by molar-refractivity contribution is -0.0570. The van der Waals surface area contributed by atoms with E-state index in [1.165, 1.54) is 25.7 Å². The summed E-state index contributed by atoms with van der Waals surface area (Å²) >= 11 is 6.30. The Morgan fingerprint density at radius 3 is 2.47 bits per heavy atom. The van der Waals surface area contributed by atoms with E-state index in [0.29, 0.717) is 6.10 Å². The standard InChI is InChI=1S/C14H24ClNO/c1-10-6-8-11(9-7-10)17-13-5-3-4-12(15)14(13)16-2/h10-14H,2-9H2,1H3. The molecule has 0 saturated heterocycles. The summed E-state index contributed by atoms with van der Waals surface area (Å²) in [5.41, 5.74) is 0. The van der Waals surface area contributed by atoms with Gasteiger partial charge in [-0.25, -0.2) is 0 Å². The summed E-state index contributed by atoms with van der Waals surface area (Å²) in [6.07, 6.45) is 8.95. The van der Waals surface area contributed by atoms with Crippen LogP contribution in [-0.4, -0.2) is 30.3 Å². The molecule has 0 aromatic heterocycles. The molecule has 2 fully saturated rings. The highest BCUT2D eigenvalue weighted by Gasteiger charge is 2.34. The number of nitrogens with zero attached hydrogens (tertiary/aromatic N) is 1. The summed E-state index contributed by atoms with van der Waals surface area (Å²) in [4.78, 5) is 4.18. The van der Waals surface area contributed by atoms with Crippen molar-refractivity contribution in [2.45, 2.75) is 75.5 Å². The van der Waals surface area contributed by atoms with E-state index in [0.717, 1.165) is 25.2 Å². The monoisotopic (exact) mass is 257 g/mol. The molecule has 0 N–H and O–H groups in total. The van der Waals surface area contributed by atoms with Crippen LogP contribution in [0.2, 0.25) is 0 Å². The Morgan fingerprint density at radius 2 is 1.82 bits per heavy atom. The average Bonchev–Trinajstić information content (AvgIpc) is 2.32. The van der Waals surface area contributed by atoms with Crippen LogP contribution in [0, 0.1) is 5.92 Å². The van der Waals surface area contributed by atoms with Gasteiger partial charge in [0, 0.05) is 0 Å². The van der Waals surface area contributed by atoms with Crippen LogP contribution in [-0.2, 0) is 4.74 Å². The molecule has 3 heteroatoms. The third-order valence-corrected chi connectivity index (χ3v) is 4.74. The van der Waals surface area contributed by atoms with E-state index in [9.17, 15) is 0 Å². The fourth-order valence-corrected chi connectivity index (χ4v) is 3.48. The number of alkyl halides is 1. The summed E-state index contributed by atoms with van der Waals surface area (Å²) in [6.45, 7) is 6.01. The van der Waals surface area contributed by atoms with Crippen molar-refractivity contribution in [2.24, 2.45) is 10.9 Å². The molecule has 0 radical (unpaired) electrons. The van der Waals surface area contributed by atoms with Crippen molar-refractivity contribution in [1.29, 1.82) is 0 Å². The van der Waals surface area contributed by atoms with E-state index in [-0.39, 0.29) is 17.5 Å². The number of hydrogen-bond acceptors (Lipinski definition) is 2. The van der Waals surface area contributed by atoms with Gasteiger partial charge in [0.25, 0.3) is 0 Å². The van der Waals surface area contributed by atoms with Gasteiger partial charge in [0.15, 0.2) is 0 Å². The first-order chi connectivity index (χ1) is 8.20. The maximum absolute atomic E-state index is 6.30. The van der Waals surface area contributed by atoms with Gasteiger partial charge in [-0.05, 0) is 57.6 Å². The number of halogens is 1. The first-order valence-electron chi connectivity index (χ1n) is 6.96. The molecule has 3 atom stereocenters. The molecule has 2 aliphatic rings. The Bertz CT molecular complexity index is 251. The summed E-state index contributed by atoms with van der Waals surface area (Å²) in [5, 5.41) is 0.119. The van der Waals surface area contributed by atoms with E-state index in [2.05, 4.69) is 18.6 Å². The third kappa shape index (κ3) is 3.45. The van der Waals surface area contributed by atoms with Gasteiger partial charge in [-0.15, -0.1) is 11.6 Å². The van der Waals surface area contributed by atoms with Crippen molar-refractivity contribution < 1.29 is 4.74 Å². The molecule has 0 spiro atoms. The van der Waals surface area contributed by atoms with Crippen molar-refractivity contribution in [1.82, 2.24) is 0 Å². The van der Waals surface area contributed by atoms with E-state index >= 15 is 0 Å². The fraction of sp³-hybridized carbons (Fsp3) is 0.929. The fourth-order valence-electron chi connectivity index (χ4n) is 3.08. The normalized spacial score (nSPS) is 43.3. The molecule has 0 aromatic carbocycles. The zero-order valence-electron chi connectivity index (χ0n) is 10.8. The topological polar surface area (TPSA) is 21.6 Å². The van der Waals surface area contributed by atoms with Gasteiger partial charge in [0.1, 0.15) is 0 Å². The summed E-state index contributed by atoms with van der Waals surface area (Å²) in [6, 6.07) is 0.102. The lowest BCUT2D eigenvalue weighted by atomic mass is 9.87. The van der Waals surface area contributed by atoms with Crippen molar-refractivity contribution in [3.05, 3.63) is 0 Å². The Kier molecular flexibility index (Phi) is 4.87. The minimum absolute atomic E-state index is 0.102. The SMILES string of the molecule is C=NC1C(Cl)CCCC1OC1CCC(C)CC1. The van der Waals surface area contributed by atoms with Gasteiger partial charge < -0.3 is 4.74 Å². The first kappa shape index (κ1) is 13.4. The predicted molar refractivity (Wildman–Crippen MR) is 73.1 cm³/mol. The molecule has 2 nitrogen and oxygen atoms in total. The number of aliphatic imine (C=N–C) groups is 1. The quantitative estimate of drug-likeness (QED) is 0.557. The Morgan fingerprint density at radius 1 is 1.12 bits per heavy atom. The molecule has 0 aliphatic heterocycles. The molecule has 98 valence electrons. The maximum Gasteiger partial charge on any atom is 0.0917 e. The van der Waals surface area contributed by atoms with Gasteiger partial charge in [0.05, 0.1) is 23.6 Å². The molecule has 2 rings (SSSR count). The molecule has 2 aliphatic carbocycles. The van der Waals surface area contributed by atoms with Gasteiger partial charge >= 0.3 is 0 Å². The van der Waals surface area contributed by atoms with Crippen LogP contribution in [0.15, 0.2) is 4.99 Å². The number of ether oxygens (including phenoxy) is 1. The Labute approximate surface area is 110 Å². The highest BCUT2D eigenvalue weighted by atomic mass is 35.5. The molecule has 17 heavy (non-hydrogen) atoms. The minimum atomic E-state index is 0.102. The van der Waals surface area contributed by atoms with Crippen molar-refractivity contribution in [2.75, 3.05) is 0 Å². The van der Waals surface area contributed by atoms with E-state index in [4.69, 9.17) is 16.3 Å². The Balaban J connectivity index is 1.86. The largest absolute Gasteiger partial charge is 0.373 e. The van der Waals surface area contributed by atoms with Crippen LogP contribution in [0.3, 0.4) is 0 Å². The molecular formula is C14H24ClNO. The first-order valence-corrected chi connectivity index (χ1v) is 7.39. The van der Waals surface area contributed by atoms with Crippen LogP contribution in [0.1, 0.15) is 51.9 Å². The van der Waals surface area contributed by atoms with Gasteiger partial charge in [0.2, 0.25) is 0 Å². The second-order valence-electron chi connectivity index (χ2n) is 5.68. The zero-order valence-corrected chi connectivity index (χ0v) is 11.5. The minimum Gasteiger partial charge on any atom is -0.373 e. The number of rotatable bonds is 3. The molecule has 2 saturated carbocycles. The van der Waals surface area contributed by atoms with Crippen molar-refractivity contribution in [3.63, 3.8) is 0 Å². The molecule has 0 aromatic rings. The Hall–Kier alpha value is -0.0800. The van der Waals surface area contributed by atoms with Gasteiger partial charge in [-0.2, -0.15) is 0 Å². The van der Waals surface area contributed by atoms with E-state index in [1.807, 2.05) is 0 Å². The van der Waals surface area contributed by atoms with Crippen molar-refractivity contribution in [3.8, 4) is 0 Å². The second kappa shape index (κ2) is 6.19. The second-order valence-corrected chi connectivity index (χ2v) is 6.24. The van der Waals surface area contributed by atoms with E-state index in [1.54, 1.807) is 0 Å². The van der Waals surface area contributed by atoms with Gasteiger partial charge in [-0.1, -0.05) is 6.92 Å². The number of hydrogen-bond donors (Lipinski definition) is 0. The summed E-state index contributed by atoms with van der Waals surface area (Å²) in [5.74, 6) is 0.871. The lowest BCUT2D eigenvalue weighted by Crippen LogP contribution is -2.41. The van der Waals surface area contributed by atoms with E-state index < -0.39 is 0 Å². The summed E-state index contributed by atoms with van der Waals surface area (Å²) < 4.78 is 6.24. The van der Waals surface area contributed by atoms with Gasteiger partial charge in [-0.3, -0.25) is 4.99 Å². The zero-order chi connectivity index (χ0) is 12.3. The van der Waals surface area contributed by atoms with Crippen LogP contribution in [0.5, 0.6) is 0 Å². The summed E-state index contributed by atoms with van der Waals surface area (Å²) in [7, 11) is 0. The smallest absolute Gasteiger partial charge is 0.0917 e. The highest BCUT2D eigenvalue weighted by Crippen LogP contribution is 2.32. The molecule has 0 bridgehead atoms. The van der Waals surface area contributed by atoms with Crippen molar-refractivity contribution >= 4 is 18.3 Å². The van der Waals surface area contributed by atoms with Crippen LogP contribution >= 0.6 is 11.6 Å². The van der Waals surface area contributed by atoms with Crippen LogP contribution in [0.4, 0.5) is 0 Å².